The summed E-state index contributed by atoms with van der Waals surface area (Å²) in [4.78, 5) is 10.7. The number of carbonyl (C=O) groups is 1. The molecule has 0 aliphatic rings. The highest BCUT2D eigenvalue weighted by Gasteiger charge is 2.37. The van der Waals surface area contributed by atoms with E-state index in [1.807, 2.05) is 0 Å². The Morgan fingerprint density at radius 3 is 2.56 bits per heavy atom. The molecule has 0 heterocycles. The van der Waals surface area contributed by atoms with E-state index in [9.17, 15) is 14.3 Å². The molecule has 4 nitrogen and oxygen atoms in total. The van der Waals surface area contributed by atoms with Crippen LogP contribution in [0.15, 0.2) is 12.1 Å². The van der Waals surface area contributed by atoms with E-state index in [0.717, 1.165) is 19.1 Å². The molecule has 1 aromatic rings. The Morgan fingerprint density at radius 1 is 1.56 bits per heavy atom. The minimum Gasteiger partial charge on any atom is -0.504 e. The molecule has 0 bridgehead atoms. The van der Waals surface area contributed by atoms with Crippen molar-refractivity contribution >= 4 is 17.6 Å². The summed E-state index contributed by atoms with van der Waals surface area (Å²) in [6.07, 6.45) is 0. The summed E-state index contributed by atoms with van der Waals surface area (Å²) in [5.41, 5.74) is -2.91. The smallest absolute Gasteiger partial charge is 0.345 e. The number of rotatable bonds is 3. The highest BCUT2D eigenvalue weighted by molar-refractivity contribution is 6.32. The maximum atomic E-state index is 13.8. The Balaban J connectivity index is 3.40. The van der Waals surface area contributed by atoms with Gasteiger partial charge in [-0.1, -0.05) is 11.6 Å². The van der Waals surface area contributed by atoms with Gasteiger partial charge in [-0.05, 0) is 13.0 Å². The van der Waals surface area contributed by atoms with Gasteiger partial charge in [-0.2, -0.15) is 0 Å². The van der Waals surface area contributed by atoms with Gasteiger partial charge in [0.1, 0.15) is 0 Å². The molecule has 1 rings (SSSR count). The Bertz CT molecular complexity index is 431. The van der Waals surface area contributed by atoms with Crippen LogP contribution >= 0.6 is 11.6 Å². The van der Waals surface area contributed by atoms with Crippen molar-refractivity contribution < 1.29 is 24.1 Å². The number of aliphatic carboxylic acids is 1. The Labute approximate surface area is 96.2 Å². The third-order valence-electron chi connectivity index (χ3n) is 2.18. The molecule has 1 atom stereocenters. The number of hydrogen-bond acceptors (Lipinski definition) is 3. The zero-order valence-corrected chi connectivity index (χ0v) is 9.38. The lowest BCUT2D eigenvalue weighted by Crippen LogP contribution is -2.27. The average Bonchev–Trinajstić information content (AvgIpc) is 2.17. The molecule has 6 heteroatoms. The summed E-state index contributed by atoms with van der Waals surface area (Å²) < 4.78 is 18.6. The summed E-state index contributed by atoms with van der Waals surface area (Å²) in [5.74, 6) is -1.98. The molecule has 0 fully saturated rings. The van der Waals surface area contributed by atoms with Crippen LogP contribution < -0.4 is 4.74 Å². The van der Waals surface area contributed by atoms with Crippen molar-refractivity contribution in [3.8, 4) is 11.5 Å². The van der Waals surface area contributed by atoms with Crippen LogP contribution in [0.1, 0.15) is 12.5 Å². The lowest BCUT2D eigenvalue weighted by atomic mass is 9.97. The summed E-state index contributed by atoms with van der Waals surface area (Å²) in [7, 11) is 1.27. The molecule has 1 unspecified atom stereocenters. The van der Waals surface area contributed by atoms with Crippen LogP contribution in [0.5, 0.6) is 11.5 Å². The molecular weight excluding hydrogens is 239 g/mol. The second-order valence-corrected chi connectivity index (χ2v) is 3.72. The van der Waals surface area contributed by atoms with Crippen LogP contribution in [0.3, 0.4) is 0 Å². The van der Waals surface area contributed by atoms with E-state index < -0.39 is 11.6 Å². The van der Waals surface area contributed by atoms with Gasteiger partial charge >= 0.3 is 5.97 Å². The molecule has 88 valence electrons. The number of phenolic OH excluding ortho intramolecular Hbond substituents is 1. The first-order chi connectivity index (χ1) is 7.30. The first-order valence-corrected chi connectivity index (χ1v) is 4.67. The molecule has 2 N–H and O–H groups in total. The Hall–Kier alpha value is -1.49. The van der Waals surface area contributed by atoms with E-state index in [0.29, 0.717) is 0 Å². The first-order valence-electron chi connectivity index (χ1n) is 4.30. The normalized spacial score (nSPS) is 14.2. The summed E-state index contributed by atoms with van der Waals surface area (Å²) in [6.45, 7) is 0.868. The van der Waals surface area contributed by atoms with E-state index in [2.05, 4.69) is 0 Å². The third-order valence-corrected chi connectivity index (χ3v) is 2.49. The van der Waals surface area contributed by atoms with Crippen molar-refractivity contribution in [1.82, 2.24) is 0 Å². The highest BCUT2D eigenvalue weighted by atomic mass is 35.5. The highest BCUT2D eigenvalue weighted by Crippen LogP contribution is 2.39. The second-order valence-electron chi connectivity index (χ2n) is 3.31. The lowest BCUT2D eigenvalue weighted by Gasteiger charge is -2.18. The van der Waals surface area contributed by atoms with Gasteiger partial charge in [0, 0.05) is 11.6 Å². The molecule has 0 amide bonds. The van der Waals surface area contributed by atoms with Crippen molar-refractivity contribution in [2.45, 2.75) is 12.6 Å². The Morgan fingerprint density at radius 2 is 2.12 bits per heavy atom. The Kier molecular flexibility index (Phi) is 3.28. The maximum absolute atomic E-state index is 13.8. The molecule has 0 aromatic heterocycles. The maximum Gasteiger partial charge on any atom is 0.345 e. The number of alkyl halides is 1. The van der Waals surface area contributed by atoms with E-state index in [1.54, 1.807) is 0 Å². The molecule has 0 radical (unpaired) electrons. The third kappa shape index (κ3) is 2.04. The molecule has 0 aliphatic heterocycles. The van der Waals surface area contributed by atoms with Crippen LogP contribution in [-0.2, 0) is 10.5 Å². The number of phenols is 1. The van der Waals surface area contributed by atoms with E-state index >= 15 is 0 Å². The first kappa shape index (κ1) is 12.6. The lowest BCUT2D eigenvalue weighted by molar-refractivity contribution is -0.150. The summed E-state index contributed by atoms with van der Waals surface area (Å²) in [6, 6.07) is 2.10. The number of hydrogen-bond donors (Lipinski definition) is 2. The fraction of sp³-hybridized carbons (Fsp3) is 0.300. The fourth-order valence-electron chi connectivity index (χ4n) is 1.18. The van der Waals surface area contributed by atoms with Gasteiger partial charge in [-0.3, -0.25) is 0 Å². The number of carboxylic acid groups (broad SMARTS) is 1. The van der Waals surface area contributed by atoms with Gasteiger partial charge in [0.05, 0.1) is 12.1 Å². The molecule has 0 saturated carbocycles. The quantitative estimate of drug-likeness (QED) is 0.862. The van der Waals surface area contributed by atoms with Crippen molar-refractivity contribution in [3.63, 3.8) is 0 Å². The van der Waals surface area contributed by atoms with Gasteiger partial charge in [-0.25, -0.2) is 9.18 Å². The fourth-order valence-corrected chi connectivity index (χ4v) is 1.52. The molecule has 0 saturated heterocycles. The number of carboxylic acids is 1. The molecule has 0 spiro atoms. The van der Waals surface area contributed by atoms with E-state index in [1.165, 1.54) is 7.11 Å². The number of aromatic hydroxyl groups is 1. The minimum absolute atomic E-state index is 0.0375. The molecule has 1 aromatic carbocycles. The van der Waals surface area contributed by atoms with Gasteiger partial charge in [0.15, 0.2) is 11.5 Å². The summed E-state index contributed by atoms with van der Waals surface area (Å²) in [5, 5.41) is 17.9. The van der Waals surface area contributed by atoms with Crippen molar-refractivity contribution in [2.24, 2.45) is 0 Å². The van der Waals surface area contributed by atoms with Crippen LogP contribution in [0.4, 0.5) is 4.39 Å². The van der Waals surface area contributed by atoms with Gasteiger partial charge in [-0.15, -0.1) is 0 Å². The zero-order valence-electron chi connectivity index (χ0n) is 8.62. The van der Waals surface area contributed by atoms with Crippen molar-refractivity contribution in [3.05, 3.63) is 22.7 Å². The number of ether oxygens (including phenoxy) is 1. The predicted octanol–water partition coefficient (Wildman–Crippen LogP) is 2.32. The number of benzene rings is 1. The number of halogens is 2. The molecular formula is C10H10ClFO4. The van der Waals surface area contributed by atoms with Crippen LogP contribution in [0, 0.1) is 0 Å². The molecule has 16 heavy (non-hydrogen) atoms. The van der Waals surface area contributed by atoms with Crippen molar-refractivity contribution in [1.29, 1.82) is 0 Å². The molecule has 0 aliphatic carbocycles. The van der Waals surface area contributed by atoms with Gasteiger partial charge in [0.2, 0.25) is 5.67 Å². The zero-order chi connectivity index (χ0) is 12.5. The second kappa shape index (κ2) is 4.17. The standard InChI is InChI=1S/C10H10ClFO4/c1-10(12,9(14)15)5-3-8(16-2)7(13)4-6(5)11/h3-4,13H,1-2H3,(H,14,15). The topological polar surface area (TPSA) is 66.8 Å². The minimum atomic E-state index is -2.64. The monoisotopic (exact) mass is 248 g/mol. The number of methoxy groups -OCH3 is 1. The van der Waals surface area contributed by atoms with E-state index in [-0.39, 0.29) is 22.1 Å². The predicted molar refractivity (Wildman–Crippen MR) is 55.8 cm³/mol. The largest absolute Gasteiger partial charge is 0.504 e. The average molecular weight is 249 g/mol. The van der Waals surface area contributed by atoms with E-state index in [4.69, 9.17) is 21.4 Å². The van der Waals surface area contributed by atoms with Crippen LogP contribution in [0.2, 0.25) is 5.02 Å². The van der Waals surface area contributed by atoms with Crippen molar-refractivity contribution in [2.75, 3.05) is 7.11 Å². The summed E-state index contributed by atoms with van der Waals surface area (Å²) >= 11 is 5.67. The van der Waals surface area contributed by atoms with Crippen LogP contribution in [-0.4, -0.2) is 23.3 Å². The van der Waals surface area contributed by atoms with Gasteiger partial charge in [0.25, 0.3) is 0 Å². The van der Waals surface area contributed by atoms with Crippen LogP contribution in [0.25, 0.3) is 0 Å². The SMILES string of the molecule is COc1cc(C(C)(F)C(=O)O)c(Cl)cc1O. The van der Waals surface area contributed by atoms with Gasteiger partial charge < -0.3 is 14.9 Å².